The van der Waals surface area contributed by atoms with E-state index in [0.717, 1.165) is 6.42 Å². The van der Waals surface area contributed by atoms with E-state index in [2.05, 4.69) is 38.0 Å². The van der Waals surface area contributed by atoms with Crippen molar-refractivity contribution < 1.29 is 14.3 Å². The smallest absolute Gasteiger partial charge is 0.246 e. The molecule has 0 atom stereocenters. The van der Waals surface area contributed by atoms with Crippen LogP contribution in [0.15, 0.2) is 43.1 Å². The maximum Gasteiger partial charge on any atom is 0.246 e. The summed E-state index contributed by atoms with van der Waals surface area (Å²) in [5.74, 6) is 1.63. The number of amidine groups is 1. The van der Waals surface area contributed by atoms with Crippen molar-refractivity contribution in [3.05, 3.63) is 48.7 Å². The van der Waals surface area contributed by atoms with Crippen LogP contribution in [0, 0.1) is 5.41 Å². The number of methoxy groups -OCH3 is 1. The van der Waals surface area contributed by atoms with Crippen LogP contribution in [0.25, 0.3) is 11.3 Å². The lowest BCUT2D eigenvalue weighted by Crippen LogP contribution is -2.50. The first-order chi connectivity index (χ1) is 17.6. The van der Waals surface area contributed by atoms with Crippen LogP contribution in [-0.2, 0) is 4.79 Å². The number of aromatic nitrogens is 2. The van der Waals surface area contributed by atoms with Crippen molar-refractivity contribution >= 4 is 17.6 Å². The Kier molecular flexibility index (Phi) is 8.99. The second-order valence-electron chi connectivity index (χ2n) is 9.95. The molecule has 37 heavy (non-hydrogen) atoms. The molecule has 2 heterocycles. The molecule has 1 aliphatic rings. The lowest BCUT2D eigenvalue weighted by Gasteiger charge is -2.39. The Bertz CT molecular complexity index is 1160. The second-order valence-corrected chi connectivity index (χ2v) is 9.95. The van der Waals surface area contributed by atoms with Gasteiger partial charge >= 0.3 is 0 Å². The number of likely N-dealkylation sites (tertiary alicyclic amines) is 1. The molecule has 1 aromatic carbocycles. The average Bonchev–Trinajstić information content (AvgIpc) is 3.18. The average molecular weight is 510 g/mol. The van der Waals surface area contributed by atoms with Crippen molar-refractivity contribution in [2.24, 2.45) is 5.73 Å². The third-order valence-electron chi connectivity index (χ3n) is 5.81. The van der Waals surface area contributed by atoms with Crippen LogP contribution in [0.2, 0.25) is 0 Å². The van der Waals surface area contributed by atoms with Crippen LogP contribution in [-0.4, -0.2) is 65.3 Å². The standard InChI is InChI=1S/C27H39N7O3/c1-7-12-37-21-14-18(13-20(15-21)36-6)24-23(25(28)29)26(30-8-2)34(32-24)19-16-33(17-19)22(35)10-9-11-31-27(3,4)5/h8-10,13-15,19,30-31H,2,7,11-12,16-17H2,1,3-6H3,(H3,28,29)/b10-9+. The van der Waals surface area contributed by atoms with Crippen molar-refractivity contribution in [3.63, 3.8) is 0 Å². The molecule has 1 aliphatic heterocycles. The fraction of sp³-hybridized carbons (Fsp3) is 0.444. The minimum Gasteiger partial charge on any atom is -0.497 e. The van der Waals surface area contributed by atoms with Crippen LogP contribution in [0.1, 0.15) is 45.7 Å². The Hall–Kier alpha value is -3.79. The summed E-state index contributed by atoms with van der Waals surface area (Å²) in [7, 11) is 1.59. The molecule has 0 spiro atoms. The third-order valence-corrected chi connectivity index (χ3v) is 5.81. The number of rotatable bonds is 12. The first kappa shape index (κ1) is 27.8. The number of anilines is 1. The van der Waals surface area contributed by atoms with Gasteiger partial charge in [-0.15, -0.1) is 0 Å². The first-order valence-electron chi connectivity index (χ1n) is 12.4. The molecule has 1 saturated heterocycles. The van der Waals surface area contributed by atoms with Gasteiger partial charge in [-0.1, -0.05) is 19.6 Å². The first-order valence-corrected chi connectivity index (χ1v) is 12.4. The van der Waals surface area contributed by atoms with Crippen LogP contribution in [0.5, 0.6) is 11.5 Å². The van der Waals surface area contributed by atoms with Crippen LogP contribution < -0.4 is 25.8 Å². The number of carbonyl (C=O) groups is 1. The molecule has 0 aliphatic carbocycles. The lowest BCUT2D eigenvalue weighted by atomic mass is 10.1. The van der Waals surface area contributed by atoms with Crippen molar-refractivity contribution in [1.82, 2.24) is 20.0 Å². The number of benzene rings is 1. The molecule has 0 saturated carbocycles. The molecule has 0 unspecified atom stereocenters. The van der Waals surface area contributed by atoms with Crippen LogP contribution >= 0.6 is 0 Å². The van der Waals surface area contributed by atoms with E-state index in [1.807, 2.05) is 31.2 Å². The lowest BCUT2D eigenvalue weighted by molar-refractivity contribution is -0.131. The van der Waals surface area contributed by atoms with E-state index in [0.29, 0.717) is 60.4 Å². The van der Waals surface area contributed by atoms with Gasteiger partial charge in [0.15, 0.2) is 0 Å². The van der Waals surface area contributed by atoms with Gasteiger partial charge in [0, 0.05) is 42.9 Å². The number of ether oxygens (including phenoxy) is 2. The van der Waals surface area contributed by atoms with E-state index in [1.165, 1.54) is 6.20 Å². The molecule has 3 rings (SSSR count). The molecule has 10 nitrogen and oxygen atoms in total. The van der Waals surface area contributed by atoms with E-state index < -0.39 is 0 Å². The normalized spacial score (nSPS) is 13.9. The fourth-order valence-electron chi connectivity index (χ4n) is 3.94. The van der Waals surface area contributed by atoms with Crippen molar-refractivity contribution in [1.29, 1.82) is 5.41 Å². The summed E-state index contributed by atoms with van der Waals surface area (Å²) in [6.07, 6.45) is 5.83. The topological polar surface area (TPSA) is 131 Å². The molecule has 2 aromatic rings. The van der Waals surface area contributed by atoms with Gasteiger partial charge in [0.2, 0.25) is 5.91 Å². The highest BCUT2D eigenvalue weighted by Gasteiger charge is 2.35. The summed E-state index contributed by atoms with van der Waals surface area (Å²) < 4.78 is 13.1. The number of nitrogen functional groups attached to an aromatic ring is 1. The number of nitrogens with two attached hydrogens (primary N) is 1. The van der Waals surface area contributed by atoms with E-state index in [4.69, 9.17) is 25.7 Å². The van der Waals surface area contributed by atoms with Gasteiger partial charge in [0.05, 0.1) is 25.3 Å². The molecular formula is C27H39N7O3. The van der Waals surface area contributed by atoms with Crippen molar-refractivity contribution in [3.8, 4) is 22.8 Å². The Morgan fingerprint density at radius 2 is 2.00 bits per heavy atom. The molecule has 0 bridgehead atoms. The van der Waals surface area contributed by atoms with E-state index in [1.54, 1.807) is 22.8 Å². The Labute approximate surface area is 219 Å². The zero-order valence-electron chi connectivity index (χ0n) is 22.4. The predicted molar refractivity (Wildman–Crippen MR) is 147 cm³/mol. The fourth-order valence-corrected chi connectivity index (χ4v) is 3.94. The van der Waals surface area contributed by atoms with E-state index >= 15 is 0 Å². The van der Waals surface area contributed by atoms with E-state index in [-0.39, 0.29) is 23.3 Å². The summed E-state index contributed by atoms with van der Waals surface area (Å²) in [6, 6.07) is 5.43. The molecule has 1 amide bonds. The molecule has 1 aromatic heterocycles. The molecule has 1 fully saturated rings. The Morgan fingerprint density at radius 1 is 1.30 bits per heavy atom. The van der Waals surface area contributed by atoms with Crippen molar-refractivity contribution in [2.75, 3.05) is 38.7 Å². The van der Waals surface area contributed by atoms with Gasteiger partial charge in [0.1, 0.15) is 28.8 Å². The highest BCUT2D eigenvalue weighted by atomic mass is 16.5. The predicted octanol–water partition coefficient (Wildman–Crippen LogP) is 3.51. The Morgan fingerprint density at radius 3 is 2.59 bits per heavy atom. The minimum absolute atomic E-state index is 0.0122. The molecule has 10 heteroatoms. The number of hydrogen-bond donors (Lipinski definition) is 4. The zero-order valence-corrected chi connectivity index (χ0v) is 22.4. The SMILES string of the molecule is C=CNc1c(C(=N)N)c(-c2cc(OC)cc(OCCC)c2)nn1C1CN(C(=O)/C=C/CNC(C)(C)C)C1. The number of nitrogens with one attached hydrogen (secondary N) is 3. The molecule has 5 N–H and O–H groups in total. The summed E-state index contributed by atoms with van der Waals surface area (Å²) in [6.45, 7) is 14.2. The summed E-state index contributed by atoms with van der Waals surface area (Å²) in [5.41, 5.74) is 7.71. The second kappa shape index (κ2) is 12.0. The van der Waals surface area contributed by atoms with Crippen molar-refractivity contribution in [2.45, 2.75) is 45.7 Å². The molecule has 0 radical (unpaired) electrons. The number of carbonyl (C=O) groups excluding carboxylic acids is 1. The van der Waals surface area contributed by atoms with Gasteiger partial charge in [0.25, 0.3) is 0 Å². The van der Waals surface area contributed by atoms with Crippen LogP contribution in [0.4, 0.5) is 5.82 Å². The van der Waals surface area contributed by atoms with E-state index in [9.17, 15) is 4.79 Å². The maximum absolute atomic E-state index is 12.6. The zero-order chi connectivity index (χ0) is 27.2. The summed E-state index contributed by atoms with van der Waals surface area (Å²) in [4.78, 5) is 14.4. The largest absolute Gasteiger partial charge is 0.497 e. The minimum atomic E-state index is -0.133. The number of amides is 1. The summed E-state index contributed by atoms with van der Waals surface area (Å²) in [5, 5.41) is 19.6. The highest BCUT2D eigenvalue weighted by Crippen LogP contribution is 2.37. The molecule has 200 valence electrons. The third kappa shape index (κ3) is 6.91. The van der Waals surface area contributed by atoms with Gasteiger partial charge in [-0.05, 0) is 45.5 Å². The quantitative estimate of drug-likeness (QED) is 0.196. The Balaban J connectivity index is 1.88. The maximum atomic E-state index is 12.6. The van der Waals surface area contributed by atoms with Gasteiger partial charge < -0.3 is 30.7 Å². The van der Waals surface area contributed by atoms with Gasteiger partial charge in [-0.2, -0.15) is 5.10 Å². The highest BCUT2D eigenvalue weighted by molar-refractivity contribution is 6.05. The number of hydrogen-bond acceptors (Lipinski definition) is 7. The van der Waals surface area contributed by atoms with Gasteiger partial charge in [-0.25, -0.2) is 4.68 Å². The number of nitrogens with zero attached hydrogens (tertiary/aromatic N) is 3. The summed E-state index contributed by atoms with van der Waals surface area (Å²) >= 11 is 0. The monoisotopic (exact) mass is 509 g/mol. The molecular weight excluding hydrogens is 470 g/mol. The van der Waals surface area contributed by atoms with Crippen LogP contribution in [0.3, 0.4) is 0 Å². The van der Waals surface area contributed by atoms with Gasteiger partial charge in [-0.3, -0.25) is 10.2 Å².